The monoisotopic (exact) mass is 261 g/mol. The Morgan fingerprint density at radius 1 is 1.36 bits per heavy atom. The molecule has 0 unspecified atom stereocenters. The van der Waals surface area contributed by atoms with E-state index in [9.17, 15) is 4.79 Å². The molecule has 4 heteroatoms. The molecule has 80 valence electrons. The van der Waals surface area contributed by atoms with Crippen molar-refractivity contribution in [2.75, 3.05) is 6.61 Å². The van der Waals surface area contributed by atoms with Crippen LogP contribution in [0.25, 0.3) is 0 Å². The highest BCUT2D eigenvalue weighted by Crippen LogP contribution is 2.32. The van der Waals surface area contributed by atoms with Gasteiger partial charge in [-0.1, -0.05) is 35.2 Å². The molecule has 1 saturated heterocycles. The summed E-state index contributed by atoms with van der Waals surface area (Å²) >= 11 is 3.70. The second-order valence-corrected chi connectivity index (χ2v) is 5.25. The van der Waals surface area contributed by atoms with Crippen molar-refractivity contribution < 1.29 is 9.53 Å². The maximum absolute atomic E-state index is 10.9. The first kappa shape index (κ1) is 10.3. The van der Waals surface area contributed by atoms with E-state index in [4.69, 9.17) is 4.74 Å². The minimum atomic E-state index is -0.268. The van der Waals surface area contributed by atoms with E-state index in [0.29, 0.717) is 17.4 Å². The van der Waals surface area contributed by atoms with E-state index in [0.717, 1.165) is 0 Å². The minimum Gasteiger partial charge on any atom is -0.447 e. The number of cyclic esters (lactones) is 1. The van der Waals surface area contributed by atoms with Gasteiger partial charge in [0.05, 0.1) is 6.04 Å². The van der Waals surface area contributed by atoms with Gasteiger partial charge in [-0.05, 0) is 18.8 Å². The van der Waals surface area contributed by atoms with Gasteiger partial charge in [-0.15, -0.1) is 0 Å². The molecular weight excluding hydrogens is 246 g/mol. The van der Waals surface area contributed by atoms with Gasteiger partial charge in [0.15, 0.2) is 0 Å². The number of amides is 1. The molecule has 0 radical (unpaired) electrons. The summed E-state index contributed by atoms with van der Waals surface area (Å²) in [5.41, 5.74) is 0. The van der Waals surface area contributed by atoms with Crippen LogP contribution >= 0.6 is 15.9 Å². The Morgan fingerprint density at radius 3 is 2.64 bits per heavy atom. The summed E-state index contributed by atoms with van der Waals surface area (Å²) in [6, 6.07) is 0.172. The number of alkyl halides is 1. The first-order valence-corrected chi connectivity index (χ1v) is 6.26. The molecule has 2 atom stereocenters. The maximum Gasteiger partial charge on any atom is 0.407 e. The Hall–Kier alpha value is -0.250. The van der Waals surface area contributed by atoms with Crippen molar-refractivity contribution in [1.29, 1.82) is 0 Å². The first-order chi connectivity index (χ1) is 6.77. The van der Waals surface area contributed by atoms with Crippen LogP contribution in [-0.2, 0) is 4.74 Å². The van der Waals surface area contributed by atoms with Gasteiger partial charge >= 0.3 is 6.09 Å². The topological polar surface area (TPSA) is 38.3 Å². The van der Waals surface area contributed by atoms with Crippen LogP contribution in [0.2, 0.25) is 0 Å². The molecule has 0 spiro atoms. The standard InChI is InChI=1S/C10H16BrNO2/c11-9(7-4-2-1-3-5-7)8-6-14-10(13)12-8/h7-9H,1-6H2,(H,12,13)/t8-,9+/m1/s1. The summed E-state index contributed by atoms with van der Waals surface area (Å²) in [6.07, 6.45) is 6.31. The van der Waals surface area contributed by atoms with E-state index in [1.165, 1.54) is 32.1 Å². The molecule has 1 saturated carbocycles. The number of alkyl carbamates (subject to hydrolysis) is 1. The lowest BCUT2D eigenvalue weighted by molar-refractivity contribution is 0.176. The molecule has 1 N–H and O–H groups in total. The predicted octanol–water partition coefficient (Wildman–Crippen LogP) is 2.44. The van der Waals surface area contributed by atoms with Crippen LogP contribution in [0.4, 0.5) is 4.79 Å². The average molecular weight is 262 g/mol. The molecule has 1 aliphatic carbocycles. The summed E-state index contributed by atoms with van der Waals surface area (Å²) in [6.45, 7) is 0.519. The van der Waals surface area contributed by atoms with Crippen LogP contribution in [0.15, 0.2) is 0 Å². The second kappa shape index (κ2) is 4.51. The molecule has 3 nitrogen and oxygen atoms in total. The predicted molar refractivity (Wildman–Crippen MR) is 57.6 cm³/mol. The molecule has 1 aliphatic heterocycles. The molecule has 14 heavy (non-hydrogen) atoms. The smallest absolute Gasteiger partial charge is 0.407 e. The van der Waals surface area contributed by atoms with Crippen molar-refractivity contribution in [2.24, 2.45) is 5.92 Å². The van der Waals surface area contributed by atoms with Gasteiger partial charge in [-0.3, -0.25) is 0 Å². The highest BCUT2D eigenvalue weighted by atomic mass is 79.9. The maximum atomic E-state index is 10.9. The molecule has 0 aromatic rings. The first-order valence-electron chi connectivity index (χ1n) is 5.35. The van der Waals surface area contributed by atoms with Gasteiger partial charge in [0.25, 0.3) is 0 Å². The molecule has 2 rings (SSSR count). The third kappa shape index (κ3) is 2.22. The SMILES string of the molecule is O=C1N[C@@H]([C@@H](Br)C2CCCCC2)CO1. The lowest BCUT2D eigenvalue weighted by Crippen LogP contribution is -2.39. The Bertz CT molecular complexity index is 216. The number of nitrogens with one attached hydrogen (secondary N) is 1. The number of carbonyl (C=O) groups is 1. The molecule has 1 amide bonds. The zero-order valence-corrected chi connectivity index (χ0v) is 9.76. The number of halogens is 1. The third-order valence-electron chi connectivity index (χ3n) is 3.18. The Morgan fingerprint density at radius 2 is 2.07 bits per heavy atom. The summed E-state index contributed by atoms with van der Waals surface area (Å²) in [5.74, 6) is 0.704. The zero-order chi connectivity index (χ0) is 9.97. The van der Waals surface area contributed by atoms with Crippen LogP contribution < -0.4 is 5.32 Å². The van der Waals surface area contributed by atoms with Crippen LogP contribution in [0.1, 0.15) is 32.1 Å². The quantitative estimate of drug-likeness (QED) is 0.776. The molecular formula is C10H16BrNO2. The summed E-state index contributed by atoms with van der Waals surface area (Å²) in [4.78, 5) is 11.3. The van der Waals surface area contributed by atoms with E-state index >= 15 is 0 Å². The minimum absolute atomic E-state index is 0.172. The lowest BCUT2D eigenvalue weighted by atomic mass is 9.85. The van der Waals surface area contributed by atoms with Gasteiger partial charge in [0.1, 0.15) is 6.61 Å². The summed E-state index contributed by atoms with van der Waals surface area (Å²) in [5, 5.41) is 2.84. The Kier molecular flexibility index (Phi) is 3.31. The van der Waals surface area contributed by atoms with Crippen molar-refractivity contribution in [1.82, 2.24) is 5.32 Å². The third-order valence-corrected chi connectivity index (χ3v) is 4.57. The van der Waals surface area contributed by atoms with E-state index in [1.807, 2.05) is 0 Å². The number of ether oxygens (including phenoxy) is 1. The lowest BCUT2D eigenvalue weighted by Gasteiger charge is -2.28. The average Bonchev–Trinajstić information content (AvgIpc) is 2.65. The fourth-order valence-corrected chi connectivity index (χ4v) is 3.17. The number of hydrogen-bond donors (Lipinski definition) is 1. The zero-order valence-electron chi connectivity index (χ0n) is 8.17. The molecule has 0 bridgehead atoms. The molecule has 1 heterocycles. The van der Waals surface area contributed by atoms with Crippen molar-refractivity contribution in [3.05, 3.63) is 0 Å². The highest BCUT2D eigenvalue weighted by molar-refractivity contribution is 9.09. The Balaban J connectivity index is 1.86. The second-order valence-electron chi connectivity index (χ2n) is 4.19. The van der Waals surface area contributed by atoms with E-state index in [2.05, 4.69) is 21.2 Å². The molecule has 0 aromatic carbocycles. The molecule has 2 fully saturated rings. The fourth-order valence-electron chi connectivity index (χ4n) is 2.35. The van der Waals surface area contributed by atoms with E-state index < -0.39 is 0 Å². The van der Waals surface area contributed by atoms with Crippen LogP contribution in [-0.4, -0.2) is 23.6 Å². The van der Waals surface area contributed by atoms with E-state index in [-0.39, 0.29) is 12.1 Å². The van der Waals surface area contributed by atoms with Crippen molar-refractivity contribution in [3.8, 4) is 0 Å². The van der Waals surface area contributed by atoms with E-state index in [1.54, 1.807) is 0 Å². The van der Waals surface area contributed by atoms with Gasteiger partial charge in [-0.25, -0.2) is 4.79 Å². The fraction of sp³-hybridized carbons (Fsp3) is 0.900. The number of hydrogen-bond acceptors (Lipinski definition) is 2. The van der Waals surface area contributed by atoms with Gasteiger partial charge in [-0.2, -0.15) is 0 Å². The molecule has 2 aliphatic rings. The summed E-state index contributed by atoms with van der Waals surface area (Å²) in [7, 11) is 0. The van der Waals surface area contributed by atoms with Crippen LogP contribution in [0.5, 0.6) is 0 Å². The van der Waals surface area contributed by atoms with Gasteiger partial charge in [0, 0.05) is 4.83 Å². The van der Waals surface area contributed by atoms with Gasteiger partial charge in [0.2, 0.25) is 0 Å². The normalized spacial score (nSPS) is 30.9. The Labute approximate surface area is 92.7 Å². The van der Waals surface area contributed by atoms with Crippen molar-refractivity contribution >= 4 is 22.0 Å². The number of rotatable bonds is 2. The summed E-state index contributed by atoms with van der Waals surface area (Å²) < 4.78 is 4.90. The highest BCUT2D eigenvalue weighted by Gasteiger charge is 2.33. The number of carbonyl (C=O) groups excluding carboxylic acids is 1. The largest absolute Gasteiger partial charge is 0.447 e. The van der Waals surface area contributed by atoms with Crippen LogP contribution in [0, 0.1) is 5.92 Å². The van der Waals surface area contributed by atoms with Crippen molar-refractivity contribution in [3.63, 3.8) is 0 Å². The molecule has 0 aromatic heterocycles. The van der Waals surface area contributed by atoms with Crippen LogP contribution in [0.3, 0.4) is 0 Å². The van der Waals surface area contributed by atoms with Gasteiger partial charge < -0.3 is 10.1 Å². The van der Waals surface area contributed by atoms with Crippen molar-refractivity contribution in [2.45, 2.75) is 43.0 Å².